The van der Waals surface area contributed by atoms with Gasteiger partial charge in [0, 0.05) is 43.2 Å². The molecule has 0 N–H and O–H groups in total. The Labute approximate surface area is 236 Å². The number of carbonyl (C=O) groups is 3. The first-order chi connectivity index (χ1) is 18.0. The molecule has 2 heterocycles. The number of rotatable bonds is 2. The third kappa shape index (κ3) is 3.33. The second-order valence-electron chi connectivity index (χ2n) is 11.2. The van der Waals surface area contributed by atoms with Gasteiger partial charge in [0.1, 0.15) is 5.41 Å². The number of benzene rings is 3. The van der Waals surface area contributed by atoms with Crippen molar-refractivity contribution in [2.24, 2.45) is 10.8 Å². The number of nitrogens with zero attached hydrogens (tertiary/aromatic N) is 1. The van der Waals surface area contributed by atoms with Crippen LogP contribution in [0.5, 0.6) is 0 Å². The van der Waals surface area contributed by atoms with E-state index in [4.69, 9.17) is 34.8 Å². The van der Waals surface area contributed by atoms with Crippen LogP contribution in [0.4, 0.5) is 5.69 Å². The summed E-state index contributed by atoms with van der Waals surface area (Å²) in [6.45, 7) is 5.56. The molecule has 0 radical (unpaired) electrons. The Bertz CT molecular complexity index is 1550. The van der Waals surface area contributed by atoms with Gasteiger partial charge in [0.2, 0.25) is 0 Å². The molecule has 4 nitrogen and oxygen atoms in total. The standard InChI is InChI=1S/C31H24Cl3NO3/c1-30(2,3)29(38)26-25(21-11-9-18(33)15-22(21)34)31(27(36)19-6-4-5-7-20(19)28(31)37)24-13-8-16-14-17(32)10-12-23(16)35(24)26/h4-15,24-26H,1-3H3/t24-,25-,26+/m1/s1. The van der Waals surface area contributed by atoms with Gasteiger partial charge < -0.3 is 4.90 Å². The van der Waals surface area contributed by atoms with Crippen LogP contribution < -0.4 is 4.90 Å². The van der Waals surface area contributed by atoms with E-state index < -0.39 is 28.8 Å². The number of Topliss-reactive ketones (excluding diaryl/α,β-unsaturated/α-hetero) is 3. The lowest BCUT2D eigenvalue weighted by atomic mass is 9.63. The summed E-state index contributed by atoms with van der Waals surface area (Å²) in [6, 6.07) is 15.8. The van der Waals surface area contributed by atoms with Crippen LogP contribution in [0, 0.1) is 10.8 Å². The van der Waals surface area contributed by atoms with Gasteiger partial charge in [-0.3, -0.25) is 14.4 Å². The molecule has 0 aromatic heterocycles. The van der Waals surface area contributed by atoms with Crippen molar-refractivity contribution in [3.63, 3.8) is 0 Å². The van der Waals surface area contributed by atoms with Gasteiger partial charge in [-0.2, -0.15) is 0 Å². The molecule has 1 fully saturated rings. The van der Waals surface area contributed by atoms with Crippen LogP contribution in [0.2, 0.25) is 15.1 Å². The van der Waals surface area contributed by atoms with Crippen LogP contribution in [0.25, 0.3) is 6.08 Å². The van der Waals surface area contributed by atoms with E-state index in [0.29, 0.717) is 31.8 Å². The molecule has 7 heteroatoms. The number of halogens is 3. The highest BCUT2D eigenvalue weighted by atomic mass is 35.5. The molecule has 1 spiro atoms. The predicted octanol–water partition coefficient (Wildman–Crippen LogP) is 7.70. The molecule has 6 rings (SSSR count). The third-order valence-electron chi connectivity index (χ3n) is 8.07. The van der Waals surface area contributed by atoms with Crippen LogP contribution >= 0.6 is 34.8 Å². The van der Waals surface area contributed by atoms with E-state index in [1.54, 1.807) is 48.5 Å². The van der Waals surface area contributed by atoms with Gasteiger partial charge in [-0.15, -0.1) is 0 Å². The van der Waals surface area contributed by atoms with E-state index in [1.807, 2.05) is 50.0 Å². The van der Waals surface area contributed by atoms with Crippen molar-refractivity contribution in [1.29, 1.82) is 0 Å². The molecule has 1 saturated heterocycles. The summed E-state index contributed by atoms with van der Waals surface area (Å²) in [7, 11) is 0. The Hall–Kier alpha value is -2.92. The highest BCUT2D eigenvalue weighted by Crippen LogP contribution is 2.62. The first-order valence-electron chi connectivity index (χ1n) is 12.4. The molecule has 3 aromatic rings. The van der Waals surface area contributed by atoms with Crippen LogP contribution in [-0.4, -0.2) is 29.4 Å². The zero-order chi connectivity index (χ0) is 27.1. The lowest BCUT2D eigenvalue weighted by Crippen LogP contribution is -2.49. The van der Waals surface area contributed by atoms with Gasteiger partial charge in [0.25, 0.3) is 0 Å². The van der Waals surface area contributed by atoms with Crippen LogP contribution in [0.15, 0.2) is 66.7 Å². The fourth-order valence-corrected chi connectivity index (χ4v) is 7.20. The minimum absolute atomic E-state index is 0.0943. The quantitative estimate of drug-likeness (QED) is 0.299. The first kappa shape index (κ1) is 25.4. The fourth-order valence-electron chi connectivity index (χ4n) is 6.49. The maximum atomic E-state index is 14.5. The van der Waals surface area contributed by atoms with Gasteiger partial charge in [0.15, 0.2) is 17.3 Å². The fraction of sp³-hybridized carbons (Fsp3) is 0.258. The topological polar surface area (TPSA) is 54.5 Å². The Balaban J connectivity index is 1.72. The number of anilines is 1. The molecular weight excluding hydrogens is 541 g/mol. The highest BCUT2D eigenvalue weighted by Gasteiger charge is 2.72. The SMILES string of the molecule is CC(C)(C)C(=O)[C@@H]1[C@@H](c2ccc(Cl)cc2Cl)C2(C(=O)c3ccccc3C2=O)[C@H]2C=Cc3cc(Cl)ccc3N12. The summed E-state index contributed by atoms with van der Waals surface area (Å²) in [6.07, 6.45) is 3.76. The van der Waals surface area contributed by atoms with Crippen molar-refractivity contribution >= 4 is 63.9 Å². The molecule has 0 amide bonds. The molecule has 3 aromatic carbocycles. The van der Waals surface area contributed by atoms with Crippen LogP contribution in [0.3, 0.4) is 0 Å². The van der Waals surface area contributed by atoms with E-state index in [9.17, 15) is 14.4 Å². The van der Waals surface area contributed by atoms with E-state index in [2.05, 4.69) is 0 Å². The predicted molar refractivity (Wildman–Crippen MR) is 152 cm³/mol. The average Bonchev–Trinajstić information content (AvgIpc) is 3.29. The summed E-state index contributed by atoms with van der Waals surface area (Å²) in [5, 5.41) is 1.29. The van der Waals surface area contributed by atoms with Crippen LogP contribution in [-0.2, 0) is 4.79 Å². The Morgan fingerprint density at radius 3 is 2.08 bits per heavy atom. The van der Waals surface area contributed by atoms with E-state index in [-0.39, 0.29) is 17.3 Å². The van der Waals surface area contributed by atoms with Crippen molar-refractivity contribution in [2.45, 2.75) is 38.8 Å². The Morgan fingerprint density at radius 1 is 0.868 bits per heavy atom. The monoisotopic (exact) mass is 563 g/mol. The molecule has 2 aliphatic heterocycles. The van der Waals surface area contributed by atoms with Crippen molar-refractivity contribution in [1.82, 2.24) is 0 Å². The van der Waals surface area contributed by atoms with E-state index >= 15 is 0 Å². The van der Waals surface area contributed by atoms with Crippen molar-refractivity contribution in [2.75, 3.05) is 4.90 Å². The Morgan fingerprint density at radius 2 is 1.47 bits per heavy atom. The lowest BCUT2D eigenvalue weighted by Gasteiger charge is -2.38. The highest BCUT2D eigenvalue weighted by molar-refractivity contribution is 6.36. The zero-order valence-corrected chi connectivity index (χ0v) is 23.2. The minimum atomic E-state index is -1.60. The molecule has 38 heavy (non-hydrogen) atoms. The van der Waals surface area contributed by atoms with Crippen molar-refractivity contribution in [3.8, 4) is 0 Å². The summed E-state index contributed by atoms with van der Waals surface area (Å²) < 4.78 is 0. The molecule has 0 bridgehead atoms. The molecule has 3 aliphatic rings. The lowest BCUT2D eigenvalue weighted by molar-refractivity contribution is -0.127. The Kier molecular flexibility index (Phi) is 5.70. The van der Waals surface area contributed by atoms with Crippen molar-refractivity contribution in [3.05, 3.63) is 104 Å². The van der Waals surface area contributed by atoms with Crippen molar-refractivity contribution < 1.29 is 14.4 Å². The largest absolute Gasteiger partial charge is 0.352 e. The summed E-state index contributed by atoms with van der Waals surface area (Å²) in [5.74, 6) is -1.54. The number of hydrogen-bond acceptors (Lipinski definition) is 4. The summed E-state index contributed by atoms with van der Waals surface area (Å²) >= 11 is 19.4. The normalized spacial score (nSPS) is 23.0. The number of ketones is 3. The van der Waals surface area contributed by atoms with Gasteiger partial charge in [-0.05, 0) is 41.5 Å². The van der Waals surface area contributed by atoms with Gasteiger partial charge in [-0.25, -0.2) is 0 Å². The molecule has 3 atom stereocenters. The molecule has 192 valence electrons. The second kappa shape index (κ2) is 8.54. The summed E-state index contributed by atoms with van der Waals surface area (Å²) in [4.78, 5) is 45.5. The molecule has 0 unspecified atom stereocenters. The minimum Gasteiger partial charge on any atom is -0.352 e. The summed E-state index contributed by atoms with van der Waals surface area (Å²) in [5.41, 5.74) is 0.468. The van der Waals surface area contributed by atoms with E-state index in [0.717, 1.165) is 11.3 Å². The maximum Gasteiger partial charge on any atom is 0.180 e. The molecule has 1 aliphatic carbocycles. The van der Waals surface area contributed by atoms with Crippen LogP contribution in [0.1, 0.15) is 58.5 Å². The number of carbonyl (C=O) groups excluding carboxylic acids is 3. The van der Waals surface area contributed by atoms with Gasteiger partial charge >= 0.3 is 0 Å². The average molecular weight is 565 g/mol. The zero-order valence-electron chi connectivity index (χ0n) is 21.0. The smallest absolute Gasteiger partial charge is 0.180 e. The number of fused-ring (bicyclic) bond motifs is 5. The van der Waals surface area contributed by atoms with Gasteiger partial charge in [-0.1, -0.05) is 98.1 Å². The van der Waals surface area contributed by atoms with Gasteiger partial charge in [0.05, 0.1) is 12.1 Å². The second-order valence-corrected chi connectivity index (χ2v) is 12.5. The third-order valence-corrected chi connectivity index (χ3v) is 8.87. The molecular formula is C31H24Cl3NO3. The van der Waals surface area contributed by atoms with E-state index in [1.165, 1.54) is 0 Å². The first-order valence-corrected chi connectivity index (χ1v) is 13.6. The number of hydrogen-bond donors (Lipinski definition) is 0. The molecule has 0 saturated carbocycles. The maximum absolute atomic E-state index is 14.5.